The number of hydrogen-bond donors (Lipinski definition) is 1. The van der Waals surface area contributed by atoms with Gasteiger partial charge in [0.25, 0.3) is 0 Å². The monoisotopic (exact) mass is 266 g/mol. The van der Waals surface area contributed by atoms with Crippen molar-refractivity contribution in [3.8, 4) is 0 Å². The average Bonchev–Trinajstić information content (AvgIpc) is 2.38. The predicted octanol–water partition coefficient (Wildman–Crippen LogP) is 2.11. The van der Waals surface area contributed by atoms with Crippen molar-refractivity contribution in [2.75, 3.05) is 31.1 Å². The fourth-order valence-electron chi connectivity index (χ4n) is 2.09. The zero-order valence-electron chi connectivity index (χ0n) is 9.84. The van der Waals surface area contributed by atoms with Crippen LogP contribution in [0.25, 0.3) is 0 Å². The van der Waals surface area contributed by atoms with Crippen LogP contribution in [0.1, 0.15) is 11.5 Å². The van der Waals surface area contributed by atoms with E-state index in [2.05, 4.69) is 17.0 Å². The van der Waals surface area contributed by atoms with Gasteiger partial charge >= 0.3 is 0 Å². The van der Waals surface area contributed by atoms with E-state index in [-0.39, 0.29) is 5.92 Å². The highest BCUT2D eigenvalue weighted by atomic mass is 32.2. The van der Waals surface area contributed by atoms with Crippen molar-refractivity contribution >= 4 is 29.0 Å². The van der Waals surface area contributed by atoms with Gasteiger partial charge in [-0.3, -0.25) is 0 Å². The van der Waals surface area contributed by atoms with E-state index in [4.69, 9.17) is 18.0 Å². The highest BCUT2D eigenvalue weighted by Crippen LogP contribution is 2.19. The van der Waals surface area contributed by atoms with Gasteiger partial charge in [-0.2, -0.15) is 11.8 Å². The Morgan fingerprint density at radius 2 is 1.94 bits per heavy atom. The Bertz CT molecular complexity index is 361. The van der Waals surface area contributed by atoms with Crippen LogP contribution in [-0.4, -0.2) is 41.0 Å². The van der Waals surface area contributed by atoms with Crippen molar-refractivity contribution in [3.63, 3.8) is 0 Å². The molecule has 0 aliphatic carbocycles. The predicted molar refractivity (Wildman–Crippen MR) is 79.7 cm³/mol. The van der Waals surface area contributed by atoms with E-state index in [9.17, 15) is 0 Å². The molecule has 0 amide bonds. The van der Waals surface area contributed by atoms with Crippen molar-refractivity contribution < 1.29 is 0 Å². The van der Waals surface area contributed by atoms with Crippen molar-refractivity contribution in [3.05, 3.63) is 35.9 Å². The Morgan fingerprint density at radius 1 is 1.29 bits per heavy atom. The lowest BCUT2D eigenvalue weighted by atomic mass is 9.98. The summed E-state index contributed by atoms with van der Waals surface area (Å²) >= 11 is 7.24. The highest BCUT2D eigenvalue weighted by molar-refractivity contribution is 7.99. The van der Waals surface area contributed by atoms with Gasteiger partial charge in [-0.1, -0.05) is 42.5 Å². The molecule has 1 aliphatic rings. The van der Waals surface area contributed by atoms with Gasteiger partial charge in [0.05, 0.1) is 4.99 Å². The van der Waals surface area contributed by atoms with Crippen LogP contribution in [0, 0.1) is 0 Å². The molecule has 1 aliphatic heterocycles. The molecule has 92 valence electrons. The Kier molecular flexibility index (Phi) is 4.83. The van der Waals surface area contributed by atoms with Gasteiger partial charge in [0.15, 0.2) is 0 Å². The Hall–Kier alpha value is -0.580. The Morgan fingerprint density at radius 3 is 2.53 bits per heavy atom. The molecular weight excluding hydrogens is 248 g/mol. The van der Waals surface area contributed by atoms with Gasteiger partial charge in [0.1, 0.15) is 0 Å². The summed E-state index contributed by atoms with van der Waals surface area (Å²) in [5.41, 5.74) is 7.12. The number of thioether (sulfide) groups is 1. The normalized spacial score (nSPS) is 18.8. The number of nitrogens with two attached hydrogens (primary N) is 1. The molecule has 1 heterocycles. The number of nitrogens with zero attached hydrogens (tertiary/aromatic N) is 1. The maximum absolute atomic E-state index is 5.89. The number of hydrogen-bond acceptors (Lipinski definition) is 3. The first-order valence-corrected chi connectivity index (χ1v) is 7.48. The van der Waals surface area contributed by atoms with Crippen molar-refractivity contribution in [2.24, 2.45) is 5.73 Å². The average molecular weight is 266 g/mol. The number of benzene rings is 1. The first kappa shape index (κ1) is 12.9. The topological polar surface area (TPSA) is 29.3 Å². The maximum Gasteiger partial charge on any atom is 0.0816 e. The Labute approximate surface area is 113 Å². The van der Waals surface area contributed by atoms with Crippen LogP contribution in [-0.2, 0) is 0 Å². The second-order valence-corrected chi connectivity index (χ2v) is 5.97. The minimum atomic E-state index is 0.189. The standard InChI is InChI=1S/C13H18N2S2/c14-13(16)12(11-4-2-1-3-5-11)10-15-6-8-17-9-7-15/h1-5,12H,6-10H2,(H2,14,16). The van der Waals surface area contributed by atoms with E-state index in [1.54, 1.807) is 0 Å². The summed E-state index contributed by atoms with van der Waals surface area (Å²) in [6.45, 7) is 3.26. The first-order valence-electron chi connectivity index (χ1n) is 5.92. The van der Waals surface area contributed by atoms with Crippen molar-refractivity contribution in [1.82, 2.24) is 4.90 Å². The second kappa shape index (κ2) is 6.38. The molecule has 17 heavy (non-hydrogen) atoms. The first-order chi connectivity index (χ1) is 8.27. The van der Waals surface area contributed by atoms with Crippen LogP contribution in [0.15, 0.2) is 30.3 Å². The smallest absolute Gasteiger partial charge is 0.0816 e. The van der Waals surface area contributed by atoms with E-state index < -0.39 is 0 Å². The summed E-state index contributed by atoms with van der Waals surface area (Å²) < 4.78 is 0. The molecule has 1 unspecified atom stereocenters. The van der Waals surface area contributed by atoms with Crippen LogP contribution in [0.5, 0.6) is 0 Å². The largest absolute Gasteiger partial charge is 0.393 e. The van der Waals surface area contributed by atoms with Crippen LogP contribution < -0.4 is 5.73 Å². The molecule has 0 bridgehead atoms. The van der Waals surface area contributed by atoms with Gasteiger partial charge in [0.2, 0.25) is 0 Å². The van der Waals surface area contributed by atoms with Gasteiger partial charge in [-0.15, -0.1) is 0 Å². The van der Waals surface area contributed by atoms with Gasteiger partial charge in [-0.05, 0) is 5.56 Å². The molecule has 0 saturated carbocycles. The molecule has 1 fully saturated rings. The summed E-state index contributed by atoms with van der Waals surface area (Å²) in [5, 5.41) is 0. The summed E-state index contributed by atoms with van der Waals surface area (Å²) in [4.78, 5) is 3.07. The lowest BCUT2D eigenvalue weighted by Crippen LogP contribution is -2.39. The van der Waals surface area contributed by atoms with E-state index >= 15 is 0 Å². The molecule has 1 aromatic carbocycles. The minimum Gasteiger partial charge on any atom is -0.393 e. The fourth-order valence-corrected chi connectivity index (χ4v) is 3.28. The quantitative estimate of drug-likeness (QED) is 0.845. The third-order valence-corrected chi connectivity index (χ3v) is 4.32. The number of thiocarbonyl (C=S) groups is 1. The van der Waals surface area contributed by atoms with Gasteiger partial charge in [0, 0.05) is 37.1 Å². The van der Waals surface area contributed by atoms with Crippen LogP contribution >= 0.6 is 24.0 Å². The molecule has 0 spiro atoms. The van der Waals surface area contributed by atoms with E-state index in [1.807, 2.05) is 30.0 Å². The van der Waals surface area contributed by atoms with Gasteiger partial charge < -0.3 is 10.6 Å². The van der Waals surface area contributed by atoms with E-state index in [1.165, 1.54) is 17.1 Å². The molecule has 0 radical (unpaired) electrons. The maximum atomic E-state index is 5.89. The second-order valence-electron chi connectivity index (χ2n) is 4.28. The summed E-state index contributed by atoms with van der Waals surface area (Å²) in [6.07, 6.45) is 0. The number of rotatable bonds is 4. The van der Waals surface area contributed by atoms with Gasteiger partial charge in [-0.25, -0.2) is 0 Å². The summed E-state index contributed by atoms with van der Waals surface area (Å²) in [5.74, 6) is 2.63. The molecule has 2 nitrogen and oxygen atoms in total. The molecule has 2 rings (SSSR count). The third kappa shape index (κ3) is 3.69. The summed E-state index contributed by atoms with van der Waals surface area (Å²) in [6, 6.07) is 10.3. The molecule has 0 aromatic heterocycles. The molecular formula is C13H18N2S2. The van der Waals surface area contributed by atoms with E-state index in [0.717, 1.165) is 19.6 Å². The molecule has 1 atom stereocenters. The van der Waals surface area contributed by atoms with Crippen molar-refractivity contribution in [2.45, 2.75) is 5.92 Å². The van der Waals surface area contributed by atoms with Crippen molar-refractivity contribution in [1.29, 1.82) is 0 Å². The molecule has 1 saturated heterocycles. The SMILES string of the molecule is NC(=S)C(CN1CCSCC1)c1ccccc1. The van der Waals surface area contributed by atoms with Crippen LogP contribution in [0.2, 0.25) is 0 Å². The Balaban J connectivity index is 2.05. The third-order valence-electron chi connectivity index (χ3n) is 3.09. The van der Waals surface area contributed by atoms with E-state index in [0.29, 0.717) is 4.99 Å². The van der Waals surface area contributed by atoms with Crippen LogP contribution in [0.3, 0.4) is 0 Å². The van der Waals surface area contributed by atoms with Crippen LogP contribution in [0.4, 0.5) is 0 Å². The zero-order valence-corrected chi connectivity index (χ0v) is 11.5. The fraction of sp³-hybridized carbons (Fsp3) is 0.462. The molecule has 2 N–H and O–H groups in total. The highest BCUT2D eigenvalue weighted by Gasteiger charge is 2.19. The minimum absolute atomic E-state index is 0.189. The lowest BCUT2D eigenvalue weighted by molar-refractivity contribution is 0.300. The lowest BCUT2D eigenvalue weighted by Gasteiger charge is -2.30. The summed E-state index contributed by atoms with van der Waals surface area (Å²) in [7, 11) is 0. The zero-order chi connectivity index (χ0) is 12.1. The molecule has 1 aromatic rings. The molecule has 4 heteroatoms.